The summed E-state index contributed by atoms with van der Waals surface area (Å²) in [5.41, 5.74) is 0.914. The monoisotopic (exact) mass is 392 g/mol. The molecule has 0 bridgehead atoms. The van der Waals surface area contributed by atoms with E-state index >= 15 is 0 Å². The summed E-state index contributed by atoms with van der Waals surface area (Å²) in [4.78, 5) is 7.52. The highest BCUT2D eigenvalue weighted by Gasteiger charge is 2.29. The van der Waals surface area contributed by atoms with Crippen LogP contribution < -0.4 is 4.74 Å². The summed E-state index contributed by atoms with van der Waals surface area (Å²) in [6.45, 7) is 4.86. The molecule has 0 radical (unpaired) electrons. The third kappa shape index (κ3) is 4.06. The van der Waals surface area contributed by atoms with Crippen molar-refractivity contribution < 1.29 is 20.1 Å². The van der Waals surface area contributed by atoms with Crippen molar-refractivity contribution in [1.82, 2.24) is 19.5 Å². The normalized spacial score (nSPS) is 12.8. The van der Waals surface area contributed by atoms with E-state index in [9.17, 15) is 15.3 Å². The molecule has 27 heavy (non-hydrogen) atoms. The number of ether oxygens (including phenoxy) is 1. The van der Waals surface area contributed by atoms with Crippen LogP contribution in [0.2, 0.25) is 0 Å². The Bertz CT molecular complexity index is 871. The van der Waals surface area contributed by atoms with Crippen molar-refractivity contribution in [3.8, 4) is 11.6 Å². The van der Waals surface area contributed by atoms with Crippen LogP contribution in [0.3, 0.4) is 0 Å². The van der Waals surface area contributed by atoms with Gasteiger partial charge in [0.15, 0.2) is 0 Å². The van der Waals surface area contributed by atoms with Gasteiger partial charge in [0.25, 0.3) is 0 Å². The highest BCUT2D eigenvalue weighted by Crippen LogP contribution is 2.40. The molecule has 2 aromatic heterocycles. The van der Waals surface area contributed by atoms with Gasteiger partial charge in [0.05, 0.1) is 30.7 Å². The molecule has 1 unspecified atom stereocenters. The second-order valence-corrected chi connectivity index (χ2v) is 7.04. The molecular formula is C18H24N4O4S. The Morgan fingerprint density at radius 1 is 1.19 bits per heavy atom. The van der Waals surface area contributed by atoms with Crippen molar-refractivity contribution in [3.63, 3.8) is 0 Å². The Hall–Kier alpha value is -2.20. The zero-order chi connectivity index (χ0) is 19.4. The molecular weight excluding hydrogens is 368 g/mol. The van der Waals surface area contributed by atoms with E-state index in [4.69, 9.17) is 4.74 Å². The first-order valence-corrected chi connectivity index (χ1v) is 9.64. The van der Waals surface area contributed by atoms with Gasteiger partial charge in [-0.15, -0.1) is 5.10 Å². The number of aromatic nitrogens is 3. The minimum Gasteiger partial charge on any atom is -0.494 e. The Kier molecular flexibility index (Phi) is 6.27. The van der Waals surface area contributed by atoms with Crippen molar-refractivity contribution >= 4 is 16.3 Å². The first-order valence-electron chi connectivity index (χ1n) is 8.82. The number of benzene rings is 1. The SMILES string of the molecule is CCOc1ccc(C(c2sc3nc(C)nn3c2O)N(CCO)CCO)cc1. The molecule has 0 amide bonds. The lowest BCUT2D eigenvalue weighted by Crippen LogP contribution is -2.34. The number of hydrogen-bond donors (Lipinski definition) is 3. The third-order valence-corrected chi connectivity index (χ3v) is 5.27. The van der Waals surface area contributed by atoms with Crippen LogP contribution in [0.15, 0.2) is 24.3 Å². The van der Waals surface area contributed by atoms with E-state index in [1.54, 1.807) is 6.92 Å². The van der Waals surface area contributed by atoms with Crippen LogP contribution >= 0.6 is 11.3 Å². The summed E-state index contributed by atoms with van der Waals surface area (Å²) in [6, 6.07) is 7.25. The van der Waals surface area contributed by atoms with Crippen LogP contribution in [-0.2, 0) is 0 Å². The molecule has 0 fully saturated rings. The molecule has 0 saturated heterocycles. The highest BCUT2D eigenvalue weighted by atomic mass is 32.1. The van der Waals surface area contributed by atoms with Crippen LogP contribution in [0.4, 0.5) is 0 Å². The lowest BCUT2D eigenvalue weighted by Gasteiger charge is -2.30. The van der Waals surface area contributed by atoms with E-state index < -0.39 is 0 Å². The molecule has 1 atom stereocenters. The summed E-state index contributed by atoms with van der Waals surface area (Å²) in [7, 11) is 0. The number of fused-ring (bicyclic) bond motifs is 1. The average Bonchev–Trinajstić information content (AvgIpc) is 3.15. The lowest BCUT2D eigenvalue weighted by molar-refractivity contribution is 0.136. The second-order valence-electron chi connectivity index (χ2n) is 6.03. The number of aliphatic hydroxyl groups is 2. The molecule has 3 N–H and O–H groups in total. The van der Waals surface area contributed by atoms with Crippen molar-refractivity contribution in [2.45, 2.75) is 19.9 Å². The molecule has 146 valence electrons. The van der Waals surface area contributed by atoms with Crippen molar-refractivity contribution in [3.05, 3.63) is 40.5 Å². The van der Waals surface area contributed by atoms with Crippen molar-refractivity contribution in [2.75, 3.05) is 32.9 Å². The van der Waals surface area contributed by atoms with E-state index in [2.05, 4.69) is 10.1 Å². The van der Waals surface area contributed by atoms with Crippen molar-refractivity contribution in [2.24, 2.45) is 0 Å². The first-order chi connectivity index (χ1) is 13.1. The van der Waals surface area contributed by atoms with Crippen LogP contribution in [-0.4, -0.2) is 67.7 Å². The Labute approximate surface area is 161 Å². The van der Waals surface area contributed by atoms with Crippen molar-refractivity contribution in [1.29, 1.82) is 0 Å². The summed E-state index contributed by atoms with van der Waals surface area (Å²) >= 11 is 1.35. The van der Waals surface area contributed by atoms with Gasteiger partial charge in [-0.25, -0.2) is 4.98 Å². The molecule has 3 aromatic rings. The number of hydrogen-bond acceptors (Lipinski definition) is 8. The molecule has 8 nitrogen and oxygen atoms in total. The van der Waals surface area contributed by atoms with Gasteiger partial charge < -0.3 is 20.1 Å². The number of nitrogens with zero attached hydrogens (tertiary/aromatic N) is 4. The van der Waals surface area contributed by atoms with Gasteiger partial charge >= 0.3 is 0 Å². The molecule has 0 spiro atoms. The Balaban J connectivity index is 2.07. The standard InChI is InChI=1S/C18H24N4O4S/c1-3-26-14-6-4-13(5-7-14)15(21(8-10-23)9-11-24)16-17(25)22-18(27-16)19-12(2)20-22/h4-7,15,23-25H,3,8-11H2,1-2H3. The second kappa shape index (κ2) is 8.66. The predicted octanol–water partition coefficient (Wildman–Crippen LogP) is 1.58. The number of thiazole rings is 1. The fourth-order valence-electron chi connectivity index (χ4n) is 3.09. The van der Waals surface area contributed by atoms with E-state index in [-0.39, 0.29) is 25.1 Å². The number of aryl methyl sites for hydroxylation is 1. The quantitative estimate of drug-likeness (QED) is 0.508. The maximum Gasteiger partial charge on any atom is 0.230 e. The predicted molar refractivity (Wildman–Crippen MR) is 102 cm³/mol. The molecule has 0 aliphatic rings. The van der Waals surface area contributed by atoms with Gasteiger partial charge in [0, 0.05) is 13.1 Å². The minimum atomic E-state index is -0.353. The van der Waals surface area contributed by atoms with Crippen LogP contribution in [0.25, 0.3) is 4.96 Å². The van der Waals surface area contributed by atoms with Gasteiger partial charge in [-0.1, -0.05) is 23.5 Å². The average molecular weight is 392 g/mol. The van der Waals surface area contributed by atoms with Crippen LogP contribution in [0.1, 0.15) is 29.2 Å². The van der Waals surface area contributed by atoms with Gasteiger partial charge in [0.1, 0.15) is 11.6 Å². The number of rotatable bonds is 9. The first kappa shape index (κ1) is 19.6. The Morgan fingerprint density at radius 3 is 2.41 bits per heavy atom. The summed E-state index contributed by atoms with van der Waals surface area (Å²) in [5, 5.41) is 34.0. The molecule has 9 heteroatoms. The highest BCUT2D eigenvalue weighted by molar-refractivity contribution is 7.17. The van der Waals surface area contributed by atoms with Gasteiger partial charge in [-0.3, -0.25) is 4.90 Å². The fraction of sp³-hybridized carbons (Fsp3) is 0.444. The topological polar surface area (TPSA) is 103 Å². The van der Waals surface area contributed by atoms with Crippen LogP contribution in [0.5, 0.6) is 11.6 Å². The maximum atomic E-state index is 10.8. The maximum absolute atomic E-state index is 10.8. The van der Waals surface area contributed by atoms with E-state index in [0.29, 0.717) is 35.4 Å². The molecule has 1 aromatic carbocycles. The molecule has 0 aliphatic carbocycles. The fourth-order valence-corrected chi connectivity index (χ4v) is 4.26. The number of aliphatic hydroxyl groups excluding tert-OH is 2. The van der Waals surface area contributed by atoms with Crippen LogP contribution in [0, 0.1) is 6.92 Å². The van der Waals surface area contributed by atoms with E-state index in [1.807, 2.05) is 36.1 Å². The van der Waals surface area contributed by atoms with E-state index in [1.165, 1.54) is 15.9 Å². The molecule has 2 heterocycles. The number of aromatic hydroxyl groups is 1. The van der Waals surface area contributed by atoms with Gasteiger partial charge in [0.2, 0.25) is 10.8 Å². The van der Waals surface area contributed by atoms with E-state index in [0.717, 1.165) is 11.3 Å². The molecule has 0 saturated carbocycles. The smallest absolute Gasteiger partial charge is 0.230 e. The zero-order valence-electron chi connectivity index (χ0n) is 15.4. The Morgan fingerprint density at radius 2 is 1.85 bits per heavy atom. The van der Waals surface area contributed by atoms with Gasteiger partial charge in [-0.05, 0) is 31.5 Å². The summed E-state index contributed by atoms with van der Waals surface area (Å²) in [6.07, 6.45) is 0. The minimum absolute atomic E-state index is 0.0235. The van der Waals surface area contributed by atoms with Gasteiger partial charge in [-0.2, -0.15) is 4.52 Å². The zero-order valence-corrected chi connectivity index (χ0v) is 16.2. The summed E-state index contributed by atoms with van der Waals surface area (Å²) < 4.78 is 6.93. The molecule has 0 aliphatic heterocycles. The largest absolute Gasteiger partial charge is 0.494 e. The lowest BCUT2D eigenvalue weighted by atomic mass is 10.0. The third-order valence-electron chi connectivity index (χ3n) is 4.20. The summed E-state index contributed by atoms with van der Waals surface area (Å²) in [5.74, 6) is 1.37. The molecule has 3 rings (SSSR count).